The van der Waals surface area contributed by atoms with Crippen LogP contribution in [-0.2, 0) is 11.2 Å². The zero-order chi connectivity index (χ0) is 15.4. The molecular formula is C17H17NO3. The molecule has 0 saturated heterocycles. The molecule has 0 aliphatic rings. The van der Waals surface area contributed by atoms with E-state index in [1.54, 1.807) is 30.3 Å². The lowest BCUT2D eigenvalue weighted by molar-refractivity contribution is -0.136. The quantitative estimate of drug-likeness (QED) is 0.905. The molecule has 2 aromatic rings. The van der Waals surface area contributed by atoms with Crippen LogP contribution in [0.25, 0.3) is 0 Å². The third kappa shape index (κ3) is 3.69. The Morgan fingerprint density at radius 3 is 2.33 bits per heavy atom. The number of amides is 1. The lowest BCUT2D eigenvalue weighted by atomic mass is 10.0. The van der Waals surface area contributed by atoms with E-state index in [2.05, 4.69) is 5.32 Å². The van der Waals surface area contributed by atoms with Crippen molar-refractivity contribution in [1.29, 1.82) is 0 Å². The highest BCUT2D eigenvalue weighted by Crippen LogP contribution is 2.16. The minimum absolute atomic E-state index is 0.0226. The number of aliphatic carboxylic acids is 1. The molecular weight excluding hydrogens is 266 g/mol. The molecule has 0 saturated carbocycles. The molecule has 108 valence electrons. The minimum atomic E-state index is -0.873. The van der Waals surface area contributed by atoms with Gasteiger partial charge in [-0.15, -0.1) is 0 Å². The van der Waals surface area contributed by atoms with Gasteiger partial charge in [0.15, 0.2) is 0 Å². The van der Waals surface area contributed by atoms with Gasteiger partial charge in [0.1, 0.15) is 0 Å². The van der Waals surface area contributed by atoms with Crippen molar-refractivity contribution in [3.63, 3.8) is 0 Å². The Labute approximate surface area is 123 Å². The van der Waals surface area contributed by atoms with E-state index < -0.39 is 5.97 Å². The third-order valence-corrected chi connectivity index (χ3v) is 3.42. The van der Waals surface area contributed by atoms with Crippen molar-refractivity contribution in [2.24, 2.45) is 0 Å². The second kappa shape index (κ2) is 6.22. The van der Waals surface area contributed by atoms with Crippen LogP contribution in [0.4, 0.5) is 5.69 Å². The first kappa shape index (κ1) is 14.8. The Morgan fingerprint density at radius 1 is 1.05 bits per heavy atom. The Bertz CT molecular complexity index is 675. The molecule has 2 N–H and O–H groups in total. The van der Waals surface area contributed by atoms with Crippen molar-refractivity contribution < 1.29 is 14.7 Å². The number of hydrogen-bond acceptors (Lipinski definition) is 2. The predicted octanol–water partition coefficient (Wildman–Crippen LogP) is 3.18. The monoisotopic (exact) mass is 283 g/mol. The third-order valence-electron chi connectivity index (χ3n) is 3.42. The Morgan fingerprint density at radius 2 is 1.71 bits per heavy atom. The van der Waals surface area contributed by atoms with Gasteiger partial charge in [0, 0.05) is 11.3 Å². The van der Waals surface area contributed by atoms with Gasteiger partial charge in [0.2, 0.25) is 0 Å². The van der Waals surface area contributed by atoms with Crippen LogP contribution < -0.4 is 5.32 Å². The van der Waals surface area contributed by atoms with Gasteiger partial charge < -0.3 is 10.4 Å². The van der Waals surface area contributed by atoms with Crippen LogP contribution in [0, 0.1) is 13.8 Å². The van der Waals surface area contributed by atoms with Crippen LogP contribution in [0.5, 0.6) is 0 Å². The Balaban J connectivity index is 2.12. The van der Waals surface area contributed by atoms with Crippen molar-refractivity contribution in [2.75, 3.05) is 5.32 Å². The topological polar surface area (TPSA) is 66.4 Å². The van der Waals surface area contributed by atoms with Gasteiger partial charge in [-0.3, -0.25) is 9.59 Å². The second-order valence-corrected chi connectivity index (χ2v) is 4.97. The molecule has 0 aliphatic heterocycles. The normalized spacial score (nSPS) is 10.2. The first-order chi connectivity index (χ1) is 9.97. The van der Waals surface area contributed by atoms with Crippen molar-refractivity contribution >= 4 is 17.6 Å². The maximum atomic E-state index is 12.2. The number of hydrogen-bond donors (Lipinski definition) is 2. The van der Waals surface area contributed by atoms with Crippen LogP contribution in [0.3, 0.4) is 0 Å². The molecule has 21 heavy (non-hydrogen) atoms. The van der Waals surface area contributed by atoms with Crippen molar-refractivity contribution in [3.8, 4) is 0 Å². The van der Waals surface area contributed by atoms with Gasteiger partial charge in [-0.1, -0.05) is 24.3 Å². The van der Waals surface area contributed by atoms with E-state index in [9.17, 15) is 9.59 Å². The van der Waals surface area contributed by atoms with Crippen LogP contribution in [0.2, 0.25) is 0 Å². The number of carboxylic acid groups (broad SMARTS) is 1. The van der Waals surface area contributed by atoms with E-state index in [4.69, 9.17) is 5.11 Å². The molecule has 0 fully saturated rings. The zero-order valence-corrected chi connectivity index (χ0v) is 12.0. The molecule has 0 heterocycles. The van der Waals surface area contributed by atoms with Crippen molar-refractivity contribution in [2.45, 2.75) is 20.3 Å². The van der Waals surface area contributed by atoms with Gasteiger partial charge >= 0.3 is 5.97 Å². The van der Waals surface area contributed by atoms with Gasteiger partial charge in [0.05, 0.1) is 6.42 Å². The number of rotatable bonds is 4. The second-order valence-electron chi connectivity index (χ2n) is 4.97. The highest BCUT2D eigenvalue weighted by molar-refractivity contribution is 6.05. The fourth-order valence-corrected chi connectivity index (χ4v) is 2.08. The van der Waals surface area contributed by atoms with E-state index in [0.29, 0.717) is 16.8 Å². The zero-order valence-electron chi connectivity index (χ0n) is 12.0. The minimum Gasteiger partial charge on any atom is -0.481 e. The first-order valence-electron chi connectivity index (χ1n) is 6.65. The van der Waals surface area contributed by atoms with E-state index in [-0.39, 0.29) is 12.3 Å². The maximum absolute atomic E-state index is 12.2. The van der Waals surface area contributed by atoms with Crippen LogP contribution in [0.15, 0.2) is 42.5 Å². The summed E-state index contributed by atoms with van der Waals surface area (Å²) < 4.78 is 0. The highest BCUT2D eigenvalue weighted by atomic mass is 16.4. The van der Waals surface area contributed by atoms with E-state index in [1.807, 2.05) is 26.0 Å². The van der Waals surface area contributed by atoms with Gasteiger partial charge in [-0.25, -0.2) is 0 Å². The summed E-state index contributed by atoms with van der Waals surface area (Å²) in [5.41, 5.74) is 4.02. The lowest BCUT2D eigenvalue weighted by Crippen LogP contribution is -2.13. The predicted molar refractivity (Wildman–Crippen MR) is 81.7 cm³/mol. The fourth-order valence-electron chi connectivity index (χ4n) is 2.08. The van der Waals surface area contributed by atoms with Gasteiger partial charge in [-0.2, -0.15) is 0 Å². The molecule has 0 atom stereocenters. The summed E-state index contributed by atoms with van der Waals surface area (Å²) in [6, 6.07) is 12.4. The molecule has 0 aliphatic carbocycles. The van der Waals surface area contributed by atoms with Crippen LogP contribution in [0.1, 0.15) is 27.0 Å². The summed E-state index contributed by atoms with van der Waals surface area (Å²) in [5.74, 6) is -1.04. The molecule has 4 nitrogen and oxygen atoms in total. The van der Waals surface area contributed by atoms with E-state index >= 15 is 0 Å². The standard InChI is InChI=1S/C17H17NO3/c1-11-4-3-5-15(12(11)2)17(21)18-14-8-6-13(7-9-14)10-16(19)20/h3-9H,10H2,1-2H3,(H,18,21)(H,19,20). The summed E-state index contributed by atoms with van der Waals surface area (Å²) in [7, 11) is 0. The van der Waals surface area contributed by atoms with E-state index in [0.717, 1.165) is 11.1 Å². The van der Waals surface area contributed by atoms with Crippen molar-refractivity contribution in [1.82, 2.24) is 0 Å². The number of carbonyl (C=O) groups is 2. The summed E-state index contributed by atoms with van der Waals surface area (Å²) in [6.07, 6.45) is -0.0226. The molecule has 2 aromatic carbocycles. The first-order valence-corrected chi connectivity index (χ1v) is 6.65. The molecule has 0 bridgehead atoms. The molecule has 0 unspecified atom stereocenters. The number of benzene rings is 2. The summed E-state index contributed by atoms with van der Waals surface area (Å²) in [4.78, 5) is 22.9. The maximum Gasteiger partial charge on any atom is 0.307 e. The Kier molecular flexibility index (Phi) is 4.38. The molecule has 0 radical (unpaired) electrons. The molecule has 0 spiro atoms. The molecule has 1 amide bonds. The SMILES string of the molecule is Cc1cccc(C(=O)Nc2ccc(CC(=O)O)cc2)c1C. The largest absolute Gasteiger partial charge is 0.481 e. The molecule has 0 aromatic heterocycles. The summed E-state index contributed by atoms with van der Waals surface area (Å²) >= 11 is 0. The smallest absolute Gasteiger partial charge is 0.307 e. The summed E-state index contributed by atoms with van der Waals surface area (Å²) in [5, 5.41) is 11.5. The lowest BCUT2D eigenvalue weighted by Gasteiger charge is -2.10. The van der Waals surface area contributed by atoms with Crippen LogP contribution >= 0.6 is 0 Å². The van der Waals surface area contributed by atoms with E-state index in [1.165, 1.54) is 0 Å². The van der Waals surface area contributed by atoms with Gasteiger partial charge in [0.25, 0.3) is 5.91 Å². The summed E-state index contributed by atoms with van der Waals surface area (Å²) in [6.45, 7) is 3.88. The molecule has 2 rings (SSSR count). The number of anilines is 1. The number of carboxylic acids is 1. The Hall–Kier alpha value is -2.62. The highest BCUT2D eigenvalue weighted by Gasteiger charge is 2.10. The number of nitrogens with one attached hydrogen (secondary N) is 1. The number of carbonyl (C=O) groups excluding carboxylic acids is 1. The fraction of sp³-hybridized carbons (Fsp3) is 0.176. The molecule has 4 heteroatoms. The van der Waals surface area contributed by atoms with Crippen LogP contribution in [-0.4, -0.2) is 17.0 Å². The number of aryl methyl sites for hydroxylation is 1. The van der Waals surface area contributed by atoms with Crippen molar-refractivity contribution in [3.05, 3.63) is 64.7 Å². The average Bonchev–Trinajstić information content (AvgIpc) is 2.43. The average molecular weight is 283 g/mol. The van der Waals surface area contributed by atoms with Gasteiger partial charge in [-0.05, 0) is 48.7 Å².